The largest absolute Gasteiger partial charge is 0.461 e. The van der Waals surface area contributed by atoms with Gasteiger partial charge in [0.1, 0.15) is 6.61 Å². The molecule has 0 fully saturated rings. The van der Waals surface area contributed by atoms with Gasteiger partial charge in [-0.25, -0.2) is 4.79 Å². The van der Waals surface area contributed by atoms with E-state index in [1.54, 1.807) is 6.08 Å². The van der Waals surface area contributed by atoms with Crippen LogP contribution < -0.4 is 5.32 Å². The summed E-state index contributed by atoms with van der Waals surface area (Å²) in [6.07, 6.45) is 16.8. The fraction of sp³-hybridized carbons (Fsp3) is 0.833. The molecule has 0 aliphatic heterocycles. The second-order valence-corrected chi connectivity index (χ2v) is 5.60. The standard InChI is InChI=1S/C18H35NO2/c1-3-5-6-7-8-9-10-11-12-13-15-19-16-17-21-18(20)14-4-2/h4,14,19H,3,5-13,15-17H2,1-2H3/b14-4+. The van der Waals surface area contributed by atoms with Crippen LogP contribution in [0.4, 0.5) is 0 Å². The second-order valence-electron chi connectivity index (χ2n) is 5.60. The summed E-state index contributed by atoms with van der Waals surface area (Å²) in [4.78, 5) is 11.0. The van der Waals surface area contributed by atoms with Crippen LogP contribution in [0.2, 0.25) is 0 Å². The highest BCUT2D eigenvalue weighted by Gasteiger charge is 1.95. The first-order chi connectivity index (χ1) is 10.3. The molecule has 0 saturated heterocycles. The normalized spacial score (nSPS) is 11.1. The average Bonchev–Trinajstić information content (AvgIpc) is 2.48. The topological polar surface area (TPSA) is 38.3 Å². The van der Waals surface area contributed by atoms with Gasteiger partial charge in [0.15, 0.2) is 0 Å². The zero-order valence-corrected chi connectivity index (χ0v) is 14.2. The van der Waals surface area contributed by atoms with E-state index in [9.17, 15) is 4.79 Å². The van der Waals surface area contributed by atoms with Crippen molar-refractivity contribution in [3.8, 4) is 0 Å². The Morgan fingerprint density at radius 1 is 0.905 bits per heavy atom. The molecule has 0 spiro atoms. The van der Waals surface area contributed by atoms with E-state index in [0.29, 0.717) is 6.61 Å². The van der Waals surface area contributed by atoms with Crippen LogP contribution in [0.3, 0.4) is 0 Å². The SMILES string of the molecule is C/C=C/C(=O)OCCNCCCCCCCCCCCC. The number of allylic oxidation sites excluding steroid dienone is 1. The van der Waals surface area contributed by atoms with Gasteiger partial charge in [-0.15, -0.1) is 0 Å². The van der Waals surface area contributed by atoms with Gasteiger partial charge in [-0.3, -0.25) is 0 Å². The molecule has 0 aromatic rings. The molecule has 0 rings (SSSR count). The third-order valence-corrected chi connectivity index (χ3v) is 3.53. The van der Waals surface area contributed by atoms with Gasteiger partial charge in [-0.2, -0.15) is 0 Å². The lowest BCUT2D eigenvalue weighted by molar-refractivity contribution is -0.137. The van der Waals surface area contributed by atoms with Crippen molar-refractivity contribution in [1.29, 1.82) is 0 Å². The lowest BCUT2D eigenvalue weighted by Gasteiger charge is -2.05. The highest BCUT2D eigenvalue weighted by Crippen LogP contribution is 2.10. The number of hydrogen-bond donors (Lipinski definition) is 1. The zero-order chi connectivity index (χ0) is 15.6. The minimum atomic E-state index is -0.252. The molecule has 0 aliphatic carbocycles. The van der Waals surface area contributed by atoms with E-state index < -0.39 is 0 Å². The van der Waals surface area contributed by atoms with Crippen LogP contribution in [-0.4, -0.2) is 25.7 Å². The first kappa shape index (κ1) is 20.2. The third kappa shape index (κ3) is 17.1. The summed E-state index contributed by atoms with van der Waals surface area (Å²) in [6, 6.07) is 0. The Hall–Kier alpha value is -0.830. The van der Waals surface area contributed by atoms with Gasteiger partial charge in [0, 0.05) is 12.6 Å². The number of carbonyl (C=O) groups is 1. The molecule has 0 aliphatic rings. The van der Waals surface area contributed by atoms with Crippen molar-refractivity contribution in [1.82, 2.24) is 5.32 Å². The summed E-state index contributed by atoms with van der Waals surface area (Å²) < 4.78 is 4.99. The van der Waals surface area contributed by atoms with Crippen LogP contribution in [0.15, 0.2) is 12.2 Å². The van der Waals surface area contributed by atoms with Crippen LogP contribution in [0.1, 0.15) is 78.1 Å². The molecule has 0 amide bonds. The third-order valence-electron chi connectivity index (χ3n) is 3.53. The number of nitrogens with one attached hydrogen (secondary N) is 1. The molecule has 0 unspecified atom stereocenters. The first-order valence-corrected chi connectivity index (χ1v) is 8.81. The Kier molecular flexibility index (Phi) is 16.5. The Morgan fingerprint density at radius 2 is 1.48 bits per heavy atom. The predicted molar refractivity (Wildman–Crippen MR) is 90.5 cm³/mol. The predicted octanol–water partition coefficient (Wildman–Crippen LogP) is 4.62. The average molecular weight is 297 g/mol. The monoisotopic (exact) mass is 297 g/mol. The van der Waals surface area contributed by atoms with Crippen LogP contribution in [-0.2, 0) is 9.53 Å². The van der Waals surface area contributed by atoms with Gasteiger partial charge in [0.25, 0.3) is 0 Å². The maximum Gasteiger partial charge on any atom is 0.330 e. The molecule has 3 nitrogen and oxygen atoms in total. The van der Waals surface area contributed by atoms with E-state index in [-0.39, 0.29) is 5.97 Å². The van der Waals surface area contributed by atoms with Crippen molar-refractivity contribution >= 4 is 5.97 Å². The maximum absolute atomic E-state index is 11.0. The smallest absolute Gasteiger partial charge is 0.330 e. The van der Waals surface area contributed by atoms with E-state index >= 15 is 0 Å². The number of esters is 1. The van der Waals surface area contributed by atoms with Crippen LogP contribution in [0, 0.1) is 0 Å². The molecule has 0 radical (unpaired) electrons. The minimum Gasteiger partial charge on any atom is -0.461 e. The lowest BCUT2D eigenvalue weighted by Crippen LogP contribution is -2.21. The van der Waals surface area contributed by atoms with Crippen molar-refractivity contribution in [2.75, 3.05) is 19.7 Å². The molecule has 1 N–H and O–H groups in total. The Labute approximate surface area is 131 Å². The summed E-state index contributed by atoms with van der Waals surface area (Å²) in [5, 5.41) is 3.31. The van der Waals surface area contributed by atoms with Crippen molar-refractivity contribution in [3.63, 3.8) is 0 Å². The fourth-order valence-electron chi connectivity index (χ4n) is 2.27. The molecule has 0 saturated carbocycles. The number of ether oxygens (including phenoxy) is 1. The van der Waals surface area contributed by atoms with Crippen molar-refractivity contribution in [2.24, 2.45) is 0 Å². The van der Waals surface area contributed by atoms with Gasteiger partial charge in [-0.05, 0) is 19.9 Å². The number of unbranched alkanes of at least 4 members (excludes halogenated alkanes) is 9. The van der Waals surface area contributed by atoms with Gasteiger partial charge in [0.2, 0.25) is 0 Å². The van der Waals surface area contributed by atoms with Crippen LogP contribution in [0.5, 0.6) is 0 Å². The summed E-state index contributed by atoms with van der Waals surface area (Å²) in [6.45, 7) is 6.31. The molecule has 0 heterocycles. The van der Waals surface area contributed by atoms with Crippen molar-refractivity contribution < 1.29 is 9.53 Å². The maximum atomic E-state index is 11.0. The summed E-state index contributed by atoms with van der Waals surface area (Å²) in [7, 11) is 0. The van der Waals surface area contributed by atoms with Crippen LogP contribution in [0.25, 0.3) is 0 Å². The highest BCUT2D eigenvalue weighted by atomic mass is 16.5. The van der Waals surface area contributed by atoms with E-state index in [1.165, 1.54) is 70.3 Å². The van der Waals surface area contributed by atoms with Gasteiger partial charge < -0.3 is 10.1 Å². The zero-order valence-electron chi connectivity index (χ0n) is 14.2. The summed E-state index contributed by atoms with van der Waals surface area (Å²) >= 11 is 0. The van der Waals surface area contributed by atoms with Crippen molar-refractivity contribution in [2.45, 2.75) is 78.1 Å². The first-order valence-electron chi connectivity index (χ1n) is 8.81. The number of hydrogen-bond acceptors (Lipinski definition) is 3. The Balaban J connectivity index is 3.04. The van der Waals surface area contributed by atoms with E-state index in [4.69, 9.17) is 4.74 Å². The van der Waals surface area contributed by atoms with Crippen LogP contribution >= 0.6 is 0 Å². The molecule has 3 heteroatoms. The summed E-state index contributed by atoms with van der Waals surface area (Å²) in [5.41, 5.74) is 0. The quantitative estimate of drug-likeness (QED) is 0.272. The Bertz CT molecular complexity index is 252. The van der Waals surface area contributed by atoms with Crippen molar-refractivity contribution in [3.05, 3.63) is 12.2 Å². The van der Waals surface area contributed by atoms with E-state index in [1.807, 2.05) is 6.92 Å². The molecule has 0 aromatic heterocycles. The van der Waals surface area contributed by atoms with Gasteiger partial charge in [0.05, 0.1) is 0 Å². The minimum absolute atomic E-state index is 0.252. The van der Waals surface area contributed by atoms with E-state index in [0.717, 1.165) is 13.1 Å². The van der Waals surface area contributed by atoms with Gasteiger partial charge in [-0.1, -0.05) is 70.8 Å². The number of rotatable bonds is 15. The molecular formula is C18H35NO2. The van der Waals surface area contributed by atoms with Gasteiger partial charge >= 0.3 is 5.97 Å². The molecule has 0 atom stereocenters. The molecule has 124 valence electrons. The number of carbonyl (C=O) groups excluding carboxylic acids is 1. The highest BCUT2D eigenvalue weighted by molar-refractivity contribution is 5.81. The molecular weight excluding hydrogens is 262 g/mol. The molecule has 0 bridgehead atoms. The lowest BCUT2D eigenvalue weighted by atomic mass is 10.1. The Morgan fingerprint density at radius 3 is 2.05 bits per heavy atom. The molecule has 0 aromatic carbocycles. The fourth-order valence-corrected chi connectivity index (χ4v) is 2.27. The molecule has 21 heavy (non-hydrogen) atoms. The summed E-state index contributed by atoms with van der Waals surface area (Å²) in [5.74, 6) is -0.252. The second kappa shape index (κ2) is 17.2. The van der Waals surface area contributed by atoms with E-state index in [2.05, 4.69) is 12.2 Å².